The lowest BCUT2D eigenvalue weighted by atomic mass is 10.0. The molecule has 0 radical (unpaired) electrons. The Morgan fingerprint density at radius 1 is 0.971 bits per heavy atom. The fourth-order valence-corrected chi connectivity index (χ4v) is 4.87. The highest BCUT2D eigenvalue weighted by Gasteiger charge is 2.36. The second kappa shape index (κ2) is 9.94. The zero-order valence-corrected chi connectivity index (χ0v) is 19.4. The summed E-state index contributed by atoms with van der Waals surface area (Å²) in [5, 5.41) is 4.55. The minimum absolute atomic E-state index is 0.0347. The highest BCUT2D eigenvalue weighted by Crippen LogP contribution is 2.27. The standard InChI is InChI=1S/C26H21N5O3S/c32-22-13-17-9-12-35-24(17)26(34)31(21(22)14-19-5-1-3-10-27-19)16-20-8-7-18(15-29-20)25(33)30-23-6-2-4-11-28-23/h1-12,15,21H,13-14,16H2,(H,28,30,33). The van der Waals surface area contributed by atoms with Crippen LogP contribution in [0.1, 0.15) is 37.0 Å². The molecule has 35 heavy (non-hydrogen) atoms. The van der Waals surface area contributed by atoms with Crippen molar-refractivity contribution in [2.75, 3.05) is 5.32 Å². The van der Waals surface area contributed by atoms with Crippen LogP contribution >= 0.6 is 11.3 Å². The van der Waals surface area contributed by atoms with Gasteiger partial charge in [0, 0.05) is 37.1 Å². The second-order valence-corrected chi connectivity index (χ2v) is 9.02. The van der Waals surface area contributed by atoms with Gasteiger partial charge in [-0.15, -0.1) is 11.3 Å². The maximum Gasteiger partial charge on any atom is 0.265 e. The van der Waals surface area contributed by atoms with Crippen molar-refractivity contribution < 1.29 is 14.4 Å². The van der Waals surface area contributed by atoms with Crippen molar-refractivity contribution in [2.45, 2.75) is 25.4 Å². The molecule has 4 aromatic heterocycles. The Kier molecular flexibility index (Phi) is 6.40. The van der Waals surface area contributed by atoms with E-state index >= 15 is 0 Å². The van der Waals surface area contributed by atoms with Crippen molar-refractivity contribution in [1.82, 2.24) is 19.9 Å². The highest BCUT2D eigenvalue weighted by atomic mass is 32.1. The summed E-state index contributed by atoms with van der Waals surface area (Å²) in [5.41, 5.74) is 2.44. The molecule has 5 rings (SSSR count). The molecule has 8 nitrogen and oxygen atoms in total. The number of aromatic nitrogens is 3. The van der Waals surface area contributed by atoms with Crippen LogP contribution in [-0.2, 0) is 24.2 Å². The van der Waals surface area contributed by atoms with Crippen molar-refractivity contribution >= 4 is 34.8 Å². The molecule has 0 spiro atoms. The maximum absolute atomic E-state index is 13.5. The van der Waals surface area contributed by atoms with E-state index in [0.717, 1.165) is 11.3 Å². The lowest BCUT2D eigenvalue weighted by Crippen LogP contribution is -2.45. The van der Waals surface area contributed by atoms with Crippen molar-refractivity contribution in [3.05, 3.63) is 106 Å². The van der Waals surface area contributed by atoms with Gasteiger partial charge in [-0.1, -0.05) is 12.1 Å². The molecular formula is C26H21N5O3S. The van der Waals surface area contributed by atoms with Crippen LogP contribution in [0, 0.1) is 0 Å². The lowest BCUT2D eigenvalue weighted by Gasteiger charge is -2.28. The van der Waals surface area contributed by atoms with E-state index in [1.54, 1.807) is 47.6 Å². The number of ketones is 1. The van der Waals surface area contributed by atoms with Gasteiger partial charge < -0.3 is 10.2 Å². The molecule has 0 aliphatic carbocycles. The first kappa shape index (κ1) is 22.5. The Morgan fingerprint density at radius 2 is 1.80 bits per heavy atom. The van der Waals surface area contributed by atoms with Crippen LogP contribution in [0.25, 0.3) is 0 Å². The summed E-state index contributed by atoms with van der Waals surface area (Å²) in [7, 11) is 0. The molecule has 1 unspecified atom stereocenters. The van der Waals surface area contributed by atoms with Gasteiger partial charge in [0.1, 0.15) is 5.82 Å². The molecule has 2 amide bonds. The summed E-state index contributed by atoms with van der Waals surface area (Å²) in [6.07, 6.45) is 5.26. The summed E-state index contributed by atoms with van der Waals surface area (Å²) >= 11 is 1.34. The molecular weight excluding hydrogens is 462 g/mol. The van der Waals surface area contributed by atoms with Gasteiger partial charge in [-0.05, 0) is 53.4 Å². The van der Waals surface area contributed by atoms with Crippen LogP contribution in [-0.4, -0.2) is 43.5 Å². The molecule has 0 bridgehead atoms. The number of nitrogens with one attached hydrogen (secondary N) is 1. The lowest BCUT2D eigenvalue weighted by molar-refractivity contribution is -0.122. The zero-order valence-electron chi connectivity index (χ0n) is 18.6. The topological polar surface area (TPSA) is 105 Å². The van der Waals surface area contributed by atoms with E-state index in [9.17, 15) is 14.4 Å². The van der Waals surface area contributed by atoms with Gasteiger partial charge in [-0.3, -0.25) is 24.4 Å². The molecule has 9 heteroatoms. The molecule has 1 aliphatic heterocycles. The number of pyridine rings is 3. The van der Waals surface area contributed by atoms with Crippen molar-refractivity contribution in [3.8, 4) is 0 Å². The first-order valence-corrected chi connectivity index (χ1v) is 11.9. The van der Waals surface area contributed by atoms with Gasteiger partial charge in [0.15, 0.2) is 5.78 Å². The predicted molar refractivity (Wildman–Crippen MR) is 131 cm³/mol. The van der Waals surface area contributed by atoms with Crippen LogP contribution in [0.15, 0.2) is 78.6 Å². The summed E-state index contributed by atoms with van der Waals surface area (Å²) in [6, 6.07) is 15.3. The summed E-state index contributed by atoms with van der Waals surface area (Å²) in [6.45, 7) is 0.140. The van der Waals surface area contributed by atoms with Crippen molar-refractivity contribution in [3.63, 3.8) is 0 Å². The molecule has 1 N–H and O–H groups in total. The molecule has 0 saturated carbocycles. The molecule has 0 saturated heterocycles. The minimum Gasteiger partial charge on any atom is -0.322 e. The number of nitrogens with zero attached hydrogens (tertiary/aromatic N) is 4. The third-order valence-electron chi connectivity index (χ3n) is 5.77. The van der Waals surface area contributed by atoms with Crippen molar-refractivity contribution in [1.29, 1.82) is 0 Å². The van der Waals surface area contributed by atoms with Gasteiger partial charge in [0.05, 0.1) is 28.7 Å². The average Bonchev–Trinajstić information content (AvgIpc) is 3.32. The first-order chi connectivity index (χ1) is 17.1. The molecule has 0 aromatic carbocycles. The summed E-state index contributed by atoms with van der Waals surface area (Å²) < 4.78 is 0. The maximum atomic E-state index is 13.5. The monoisotopic (exact) mass is 483 g/mol. The van der Waals surface area contributed by atoms with Gasteiger partial charge in [0.2, 0.25) is 0 Å². The van der Waals surface area contributed by atoms with Crippen LogP contribution < -0.4 is 5.32 Å². The van der Waals surface area contributed by atoms with E-state index in [0.29, 0.717) is 28.4 Å². The molecule has 4 aromatic rings. The van der Waals surface area contributed by atoms with Crippen LogP contribution in [0.3, 0.4) is 0 Å². The zero-order chi connectivity index (χ0) is 24.2. The SMILES string of the molecule is O=C(Nc1ccccn1)c1ccc(CN2C(=O)c3sccc3CC(=O)C2Cc2ccccn2)nc1. The number of fused-ring (bicyclic) bond motifs is 1. The molecule has 0 fully saturated rings. The fraction of sp³-hybridized carbons (Fsp3) is 0.154. The normalized spacial score (nSPS) is 15.4. The Hall–Kier alpha value is -4.24. The number of carbonyl (C=O) groups is 3. The third-order valence-corrected chi connectivity index (χ3v) is 6.71. The van der Waals surface area contributed by atoms with Gasteiger partial charge >= 0.3 is 0 Å². The Bertz CT molecular complexity index is 1360. The van der Waals surface area contributed by atoms with Crippen molar-refractivity contribution in [2.24, 2.45) is 0 Å². The minimum atomic E-state index is -0.661. The van der Waals surface area contributed by atoms with E-state index in [4.69, 9.17) is 0 Å². The number of hydrogen-bond donors (Lipinski definition) is 1. The van der Waals surface area contributed by atoms with E-state index < -0.39 is 6.04 Å². The molecule has 1 atom stereocenters. The second-order valence-electron chi connectivity index (χ2n) is 8.10. The number of amides is 2. The van der Waals surface area contributed by atoms with Crippen LogP contribution in [0.5, 0.6) is 0 Å². The third kappa shape index (κ3) is 4.99. The van der Waals surface area contributed by atoms with E-state index in [1.807, 2.05) is 29.6 Å². The molecule has 1 aliphatic rings. The number of rotatable bonds is 6. The highest BCUT2D eigenvalue weighted by molar-refractivity contribution is 7.12. The van der Waals surface area contributed by atoms with E-state index in [1.165, 1.54) is 17.5 Å². The Labute approximate surface area is 205 Å². The average molecular weight is 484 g/mol. The van der Waals surface area contributed by atoms with Crippen LogP contribution in [0.4, 0.5) is 5.82 Å². The van der Waals surface area contributed by atoms with Gasteiger partial charge in [-0.25, -0.2) is 4.98 Å². The summed E-state index contributed by atoms with van der Waals surface area (Å²) in [5.74, 6) is -0.118. The smallest absolute Gasteiger partial charge is 0.265 e. The Morgan fingerprint density at radius 3 is 2.51 bits per heavy atom. The number of anilines is 1. The van der Waals surface area contributed by atoms with E-state index in [-0.39, 0.29) is 30.6 Å². The van der Waals surface area contributed by atoms with E-state index in [2.05, 4.69) is 20.3 Å². The largest absolute Gasteiger partial charge is 0.322 e. The quantitative estimate of drug-likeness (QED) is 0.450. The molecule has 174 valence electrons. The first-order valence-electron chi connectivity index (χ1n) is 11.1. The number of Topliss-reactive ketones (excluding diaryl/α,β-unsaturated/α-hetero) is 1. The van der Waals surface area contributed by atoms with Gasteiger partial charge in [-0.2, -0.15) is 0 Å². The van der Waals surface area contributed by atoms with Crippen LogP contribution in [0.2, 0.25) is 0 Å². The number of carbonyl (C=O) groups excluding carboxylic acids is 3. The predicted octanol–water partition coefficient (Wildman–Crippen LogP) is 3.56. The number of hydrogen-bond acceptors (Lipinski definition) is 7. The van der Waals surface area contributed by atoms with Gasteiger partial charge in [0.25, 0.3) is 11.8 Å². The molecule has 5 heterocycles. The Balaban J connectivity index is 1.39. The summed E-state index contributed by atoms with van der Waals surface area (Å²) in [4.78, 5) is 54.3. The fourth-order valence-electron chi connectivity index (χ4n) is 3.99. The number of thiophene rings is 1.